The van der Waals surface area contributed by atoms with Gasteiger partial charge in [-0.1, -0.05) is 18.2 Å². The number of carbonyl (C=O) groups excluding carboxylic acids is 1. The molecular formula is C15H9F5O. The summed E-state index contributed by atoms with van der Waals surface area (Å²) in [5.41, 5.74) is -2.07. The Balaban J connectivity index is 2.40. The highest BCUT2D eigenvalue weighted by molar-refractivity contribution is 5.99. The van der Waals surface area contributed by atoms with Gasteiger partial charge in [-0.15, -0.1) is 0 Å². The van der Waals surface area contributed by atoms with E-state index in [0.717, 1.165) is 6.07 Å². The molecule has 0 saturated carbocycles. The molecule has 0 aliphatic carbocycles. The molecule has 0 saturated heterocycles. The molecule has 6 heteroatoms. The fourth-order valence-electron chi connectivity index (χ4n) is 1.90. The summed E-state index contributed by atoms with van der Waals surface area (Å²) < 4.78 is 65.0. The maximum atomic E-state index is 13.4. The molecular weight excluding hydrogens is 291 g/mol. The number of carbonyl (C=O) groups is 1. The van der Waals surface area contributed by atoms with Gasteiger partial charge in [0.2, 0.25) is 0 Å². The second kappa shape index (κ2) is 5.63. The molecule has 0 aliphatic heterocycles. The lowest BCUT2D eigenvalue weighted by Gasteiger charge is -2.12. The predicted molar refractivity (Wildman–Crippen MR) is 65.8 cm³/mol. The van der Waals surface area contributed by atoms with Crippen LogP contribution in [0.3, 0.4) is 0 Å². The summed E-state index contributed by atoms with van der Waals surface area (Å²) in [5, 5.41) is 0. The average Bonchev–Trinajstić information content (AvgIpc) is 2.40. The summed E-state index contributed by atoms with van der Waals surface area (Å²) in [4.78, 5) is 12.0. The van der Waals surface area contributed by atoms with Crippen molar-refractivity contribution in [3.8, 4) is 0 Å². The molecule has 1 nitrogen and oxygen atoms in total. The minimum Gasteiger partial charge on any atom is -0.294 e. The number of benzene rings is 2. The number of rotatable bonds is 3. The topological polar surface area (TPSA) is 17.1 Å². The molecule has 0 aliphatic rings. The van der Waals surface area contributed by atoms with Crippen LogP contribution in [-0.2, 0) is 12.6 Å². The first-order valence-electron chi connectivity index (χ1n) is 5.92. The minimum atomic E-state index is -4.78. The standard InChI is InChI=1S/C15H9F5O/c16-10-5-6-12(15(18,19)20)11(8-10)14(21)7-9-3-1-2-4-13(9)17/h1-6,8H,7H2. The van der Waals surface area contributed by atoms with Crippen molar-refractivity contribution in [2.75, 3.05) is 0 Å². The molecule has 0 heterocycles. The summed E-state index contributed by atoms with van der Waals surface area (Å²) >= 11 is 0. The van der Waals surface area contributed by atoms with Gasteiger partial charge < -0.3 is 0 Å². The SMILES string of the molecule is O=C(Cc1ccccc1F)c1cc(F)ccc1C(F)(F)F. The Morgan fingerprint density at radius 3 is 2.29 bits per heavy atom. The van der Waals surface area contributed by atoms with Gasteiger partial charge in [0, 0.05) is 12.0 Å². The second-order valence-electron chi connectivity index (χ2n) is 4.38. The van der Waals surface area contributed by atoms with Crippen molar-refractivity contribution in [2.45, 2.75) is 12.6 Å². The highest BCUT2D eigenvalue weighted by Crippen LogP contribution is 2.33. The van der Waals surface area contributed by atoms with E-state index in [-0.39, 0.29) is 5.56 Å². The molecule has 2 aromatic carbocycles. The van der Waals surface area contributed by atoms with Crippen LogP contribution in [0.25, 0.3) is 0 Å². The van der Waals surface area contributed by atoms with Gasteiger partial charge in [-0.2, -0.15) is 13.2 Å². The summed E-state index contributed by atoms with van der Waals surface area (Å²) in [5.74, 6) is -2.65. The molecule has 0 atom stereocenters. The first kappa shape index (κ1) is 15.2. The Morgan fingerprint density at radius 2 is 1.67 bits per heavy atom. The van der Waals surface area contributed by atoms with Gasteiger partial charge >= 0.3 is 6.18 Å². The highest BCUT2D eigenvalue weighted by atomic mass is 19.4. The van der Waals surface area contributed by atoms with Crippen molar-refractivity contribution in [3.05, 3.63) is 70.8 Å². The quantitative estimate of drug-likeness (QED) is 0.606. The van der Waals surface area contributed by atoms with Crippen LogP contribution < -0.4 is 0 Å². The molecule has 0 N–H and O–H groups in total. The van der Waals surface area contributed by atoms with Gasteiger partial charge in [-0.3, -0.25) is 4.79 Å². The largest absolute Gasteiger partial charge is 0.417 e. The molecule has 0 spiro atoms. The van der Waals surface area contributed by atoms with Crippen molar-refractivity contribution in [2.24, 2.45) is 0 Å². The zero-order chi connectivity index (χ0) is 15.6. The molecule has 0 unspecified atom stereocenters. The molecule has 0 amide bonds. The predicted octanol–water partition coefficient (Wildman–Crippen LogP) is 4.41. The number of alkyl halides is 3. The van der Waals surface area contributed by atoms with Crippen molar-refractivity contribution in [3.63, 3.8) is 0 Å². The van der Waals surface area contributed by atoms with Crippen LogP contribution in [0.5, 0.6) is 0 Å². The van der Waals surface area contributed by atoms with E-state index in [1.165, 1.54) is 18.2 Å². The van der Waals surface area contributed by atoms with Crippen molar-refractivity contribution in [1.29, 1.82) is 0 Å². The zero-order valence-corrected chi connectivity index (χ0v) is 10.5. The van der Waals surface area contributed by atoms with Gasteiger partial charge in [0.05, 0.1) is 5.56 Å². The maximum Gasteiger partial charge on any atom is 0.417 e. The van der Waals surface area contributed by atoms with Crippen LogP contribution in [0, 0.1) is 11.6 Å². The zero-order valence-electron chi connectivity index (χ0n) is 10.5. The van der Waals surface area contributed by atoms with Gasteiger partial charge in [0.25, 0.3) is 0 Å². The fraction of sp³-hybridized carbons (Fsp3) is 0.133. The highest BCUT2D eigenvalue weighted by Gasteiger charge is 2.35. The van der Waals surface area contributed by atoms with E-state index >= 15 is 0 Å². The molecule has 2 aromatic rings. The number of Topliss-reactive ketones (excluding diaryl/α,β-unsaturated/α-hetero) is 1. The summed E-state index contributed by atoms with van der Waals surface area (Å²) in [6.45, 7) is 0. The summed E-state index contributed by atoms with van der Waals surface area (Å²) in [6.07, 6.45) is -5.35. The lowest BCUT2D eigenvalue weighted by Crippen LogP contribution is -2.15. The van der Waals surface area contributed by atoms with Gasteiger partial charge in [-0.25, -0.2) is 8.78 Å². The lowest BCUT2D eigenvalue weighted by molar-refractivity contribution is -0.137. The number of hydrogen-bond acceptors (Lipinski definition) is 1. The fourth-order valence-corrected chi connectivity index (χ4v) is 1.90. The Labute approximate surface area is 117 Å². The van der Waals surface area contributed by atoms with Gasteiger partial charge in [0.1, 0.15) is 11.6 Å². The van der Waals surface area contributed by atoms with Crippen LogP contribution >= 0.6 is 0 Å². The van der Waals surface area contributed by atoms with Crippen LogP contribution in [0.15, 0.2) is 42.5 Å². The van der Waals surface area contributed by atoms with Crippen LogP contribution in [-0.4, -0.2) is 5.78 Å². The second-order valence-corrected chi connectivity index (χ2v) is 4.38. The smallest absolute Gasteiger partial charge is 0.294 e. The number of ketones is 1. The molecule has 0 aromatic heterocycles. The van der Waals surface area contributed by atoms with E-state index in [1.807, 2.05) is 0 Å². The van der Waals surface area contributed by atoms with E-state index in [0.29, 0.717) is 18.2 Å². The van der Waals surface area contributed by atoms with Crippen molar-refractivity contribution < 1.29 is 26.7 Å². The van der Waals surface area contributed by atoms with Crippen LogP contribution in [0.4, 0.5) is 22.0 Å². The molecule has 0 radical (unpaired) electrons. The van der Waals surface area contributed by atoms with Crippen molar-refractivity contribution in [1.82, 2.24) is 0 Å². The Hall–Kier alpha value is -2.24. The molecule has 110 valence electrons. The maximum absolute atomic E-state index is 13.4. The first-order chi connectivity index (χ1) is 9.79. The molecule has 2 rings (SSSR count). The molecule has 0 bridgehead atoms. The van der Waals surface area contributed by atoms with E-state index in [4.69, 9.17) is 0 Å². The molecule has 0 fully saturated rings. The lowest BCUT2D eigenvalue weighted by atomic mass is 9.98. The van der Waals surface area contributed by atoms with E-state index in [2.05, 4.69) is 0 Å². The Kier molecular flexibility index (Phi) is 4.06. The summed E-state index contributed by atoms with van der Waals surface area (Å²) in [6, 6.07) is 6.89. The third-order valence-electron chi connectivity index (χ3n) is 2.90. The molecule has 21 heavy (non-hydrogen) atoms. The van der Waals surface area contributed by atoms with Crippen molar-refractivity contribution >= 4 is 5.78 Å². The van der Waals surface area contributed by atoms with E-state index in [1.54, 1.807) is 0 Å². The first-order valence-corrected chi connectivity index (χ1v) is 5.92. The van der Waals surface area contributed by atoms with E-state index < -0.39 is 41.1 Å². The Morgan fingerprint density at radius 1 is 1.00 bits per heavy atom. The van der Waals surface area contributed by atoms with E-state index in [9.17, 15) is 26.7 Å². The van der Waals surface area contributed by atoms with Crippen LogP contribution in [0.2, 0.25) is 0 Å². The number of hydrogen-bond donors (Lipinski definition) is 0. The third-order valence-corrected chi connectivity index (χ3v) is 2.90. The van der Waals surface area contributed by atoms with Gasteiger partial charge in [-0.05, 0) is 29.8 Å². The third kappa shape index (κ3) is 3.45. The monoisotopic (exact) mass is 300 g/mol. The van der Waals surface area contributed by atoms with Gasteiger partial charge in [0.15, 0.2) is 5.78 Å². The normalized spacial score (nSPS) is 11.5. The minimum absolute atomic E-state index is 0.0418. The average molecular weight is 300 g/mol. The number of halogens is 5. The summed E-state index contributed by atoms with van der Waals surface area (Å²) in [7, 11) is 0. The Bertz CT molecular complexity index is 676. The van der Waals surface area contributed by atoms with Crippen LogP contribution in [0.1, 0.15) is 21.5 Å².